The van der Waals surface area contributed by atoms with Gasteiger partial charge in [0.05, 0.1) is 6.20 Å². The van der Waals surface area contributed by atoms with Crippen LogP contribution in [-0.2, 0) is 0 Å². The molecular formula is C10H13N3O4. The number of hydrogen-bond donors (Lipinski definition) is 2. The van der Waals surface area contributed by atoms with Crippen LogP contribution in [0.15, 0.2) is 16.8 Å². The molecule has 92 valence electrons. The van der Waals surface area contributed by atoms with Gasteiger partial charge in [-0.1, -0.05) is 5.16 Å². The fourth-order valence-electron chi connectivity index (χ4n) is 1.88. The van der Waals surface area contributed by atoms with Gasteiger partial charge in [0.2, 0.25) is 5.76 Å². The first-order valence-corrected chi connectivity index (χ1v) is 5.36. The van der Waals surface area contributed by atoms with Gasteiger partial charge in [0.1, 0.15) is 0 Å². The highest BCUT2D eigenvalue weighted by Gasteiger charge is 2.25. The second kappa shape index (κ2) is 4.86. The number of carbonyl (C=O) groups is 2. The summed E-state index contributed by atoms with van der Waals surface area (Å²) in [6, 6.07) is 1.44. The van der Waals surface area contributed by atoms with Crippen molar-refractivity contribution in [2.75, 3.05) is 13.1 Å². The van der Waals surface area contributed by atoms with Crippen LogP contribution in [0.2, 0.25) is 0 Å². The summed E-state index contributed by atoms with van der Waals surface area (Å²) < 4.78 is 4.79. The van der Waals surface area contributed by atoms with Crippen molar-refractivity contribution >= 4 is 12.0 Å². The molecule has 2 N–H and O–H groups in total. The van der Waals surface area contributed by atoms with Crippen molar-refractivity contribution in [2.45, 2.75) is 18.9 Å². The van der Waals surface area contributed by atoms with Crippen LogP contribution in [0.4, 0.5) is 4.79 Å². The summed E-state index contributed by atoms with van der Waals surface area (Å²) in [4.78, 5) is 23.9. The number of nitrogens with zero attached hydrogens (tertiary/aromatic N) is 2. The molecule has 2 rings (SSSR count). The van der Waals surface area contributed by atoms with E-state index in [1.165, 1.54) is 12.3 Å². The average Bonchev–Trinajstić information content (AvgIpc) is 2.82. The van der Waals surface area contributed by atoms with Gasteiger partial charge in [-0.2, -0.15) is 0 Å². The number of aromatic nitrogens is 1. The van der Waals surface area contributed by atoms with E-state index in [1.54, 1.807) is 4.90 Å². The summed E-state index contributed by atoms with van der Waals surface area (Å²) in [5.41, 5.74) is 0. The molecule has 1 aromatic heterocycles. The van der Waals surface area contributed by atoms with Crippen LogP contribution in [0.1, 0.15) is 23.4 Å². The molecule has 0 radical (unpaired) electrons. The van der Waals surface area contributed by atoms with Crippen LogP contribution in [0.3, 0.4) is 0 Å². The van der Waals surface area contributed by atoms with E-state index >= 15 is 0 Å². The molecule has 0 aromatic carbocycles. The third-order valence-electron chi connectivity index (χ3n) is 2.76. The topological polar surface area (TPSA) is 95.7 Å². The third kappa shape index (κ3) is 2.74. The molecule has 0 atom stereocenters. The highest BCUT2D eigenvalue weighted by Crippen LogP contribution is 2.13. The predicted octanol–water partition coefficient (Wildman–Crippen LogP) is 0.547. The van der Waals surface area contributed by atoms with E-state index in [9.17, 15) is 9.59 Å². The normalized spacial score (nSPS) is 16.8. The smallest absolute Gasteiger partial charge is 0.404 e. The standard InChI is InChI=1S/C10H13N3O4/c14-9(8-1-4-11-17-8)13-5-2-7(3-6-13)12-10(15)16/h1,4,7,12H,2-3,5-6H2,(H,15,16). The summed E-state index contributed by atoms with van der Waals surface area (Å²) >= 11 is 0. The van der Waals surface area contributed by atoms with Crippen LogP contribution in [0.25, 0.3) is 0 Å². The zero-order valence-corrected chi connectivity index (χ0v) is 9.13. The fraction of sp³-hybridized carbons (Fsp3) is 0.500. The zero-order chi connectivity index (χ0) is 12.3. The Bertz CT molecular complexity index is 396. The van der Waals surface area contributed by atoms with Gasteiger partial charge < -0.3 is 19.8 Å². The molecule has 1 aromatic rings. The van der Waals surface area contributed by atoms with Crippen molar-refractivity contribution in [3.05, 3.63) is 18.0 Å². The molecule has 0 spiro atoms. The monoisotopic (exact) mass is 239 g/mol. The van der Waals surface area contributed by atoms with Crippen molar-refractivity contribution in [3.8, 4) is 0 Å². The van der Waals surface area contributed by atoms with E-state index in [0.717, 1.165) is 0 Å². The predicted molar refractivity (Wildman–Crippen MR) is 56.6 cm³/mol. The number of likely N-dealkylation sites (tertiary alicyclic amines) is 1. The lowest BCUT2D eigenvalue weighted by atomic mass is 10.1. The van der Waals surface area contributed by atoms with Crippen molar-refractivity contribution in [3.63, 3.8) is 0 Å². The first-order chi connectivity index (χ1) is 8.16. The van der Waals surface area contributed by atoms with Crippen LogP contribution >= 0.6 is 0 Å². The average molecular weight is 239 g/mol. The minimum Gasteiger partial charge on any atom is -0.465 e. The van der Waals surface area contributed by atoms with E-state index < -0.39 is 6.09 Å². The Hall–Kier alpha value is -2.05. The lowest BCUT2D eigenvalue weighted by Crippen LogP contribution is -2.46. The third-order valence-corrected chi connectivity index (χ3v) is 2.76. The number of piperidine rings is 1. The van der Waals surface area contributed by atoms with E-state index in [0.29, 0.717) is 25.9 Å². The zero-order valence-electron chi connectivity index (χ0n) is 9.13. The van der Waals surface area contributed by atoms with Gasteiger partial charge in [0, 0.05) is 25.2 Å². The molecule has 17 heavy (non-hydrogen) atoms. The quantitative estimate of drug-likeness (QED) is 0.785. The number of nitrogens with one attached hydrogen (secondary N) is 1. The maximum atomic E-state index is 11.8. The molecule has 0 aliphatic carbocycles. The van der Waals surface area contributed by atoms with E-state index in [-0.39, 0.29) is 17.7 Å². The first-order valence-electron chi connectivity index (χ1n) is 5.36. The summed E-state index contributed by atoms with van der Waals surface area (Å²) in [5.74, 6) is 0.0194. The molecule has 1 fully saturated rings. The van der Waals surface area contributed by atoms with Crippen LogP contribution in [-0.4, -0.2) is 46.3 Å². The Balaban J connectivity index is 1.87. The van der Waals surface area contributed by atoms with Gasteiger partial charge in [-0.15, -0.1) is 0 Å². The highest BCUT2D eigenvalue weighted by atomic mass is 16.5. The maximum absolute atomic E-state index is 11.8. The van der Waals surface area contributed by atoms with Crippen molar-refractivity contribution in [1.29, 1.82) is 0 Å². The number of hydrogen-bond acceptors (Lipinski definition) is 4. The Labute approximate surface area is 97.4 Å². The van der Waals surface area contributed by atoms with Gasteiger partial charge in [0.15, 0.2) is 0 Å². The lowest BCUT2D eigenvalue weighted by Gasteiger charge is -2.31. The molecule has 1 saturated heterocycles. The highest BCUT2D eigenvalue weighted by molar-refractivity contribution is 5.91. The number of rotatable bonds is 2. The number of carboxylic acid groups (broad SMARTS) is 1. The van der Waals surface area contributed by atoms with E-state index in [1.807, 2.05) is 0 Å². The molecule has 0 unspecified atom stereocenters. The van der Waals surface area contributed by atoms with Crippen LogP contribution < -0.4 is 5.32 Å². The molecule has 7 heteroatoms. The van der Waals surface area contributed by atoms with Gasteiger partial charge in [-0.05, 0) is 12.8 Å². The molecule has 0 saturated carbocycles. The SMILES string of the molecule is O=C(O)NC1CCN(C(=O)c2ccno2)CC1. The number of amides is 2. The summed E-state index contributed by atoms with van der Waals surface area (Å²) in [7, 11) is 0. The minimum absolute atomic E-state index is 0.0775. The Morgan fingerprint density at radius 1 is 1.47 bits per heavy atom. The summed E-state index contributed by atoms with van der Waals surface area (Å²) in [6.45, 7) is 1.04. The van der Waals surface area contributed by atoms with E-state index in [4.69, 9.17) is 9.63 Å². The summed E-state index contributed by atoms with van der Waals surface area (Å²) in [5, 5.41) is 14.5. The Morgan fingerprint density at radius 2 is 2.18 bits per heavy atom. The fourth-order valence-corrected chi connectivity index (χ4v) is 1.88. The van der Waals surface area contributed by atoms with Crippen molar-refractivity contribution < 1.29 is 19.2 Å². The van der Waals surface area contributed by atoms with Gasteiger partial charge in [-0.3, -0.25) is 4.79 Å². The summed E-state index contributed by atoms with van der Waals surface area (Å²) in [6.07, 6.45) is 1.63. The maximum Gasteiger partial charge on any atom is 0.404 e. The second-order valence-electron chi connectivity index (χ2n) is 3.89. The van der Waals surface area contributed by atoms with Crippen LogP contribution in [0, 0.1) is 0 Å². The van der Waals surface area contributed by atoms with Gasteiger partial charge in [0.25, 0.3) is 5.91 Å². The molecule has 2 amide bonds. The van der Waals surface area contributed by atoms with Crippen molar-refractivity contribution in [1.82, 2.24) is 15.4 Å². The molecule has 1 aliphatic heterocycles. The van der Waals surface area contributed by atoms with Gasteiger partial charge in [-0.25, -0.2) is 4.79 Å². The number of carbonyl (C=O) groups excluding carboxylic acids is 1. The van der Waals surface area contributed by atoms with Gasteiger partial charge >= 0.3 is 6.09 Å². The van der Waals surface area contributed by atoms with Crippen molar-refractivity contribution in [2.24, 2.45) is 0 Å². The molecule has 7 nitrogen and oxygen atoms in total. The van der Waals surface area contributed by atoms with E-state index in [2.05, 4.69) is 10.5 Å². The molecule has 1 aliphatic rings. The first kappa shape index (κ1) is 11.4. The Morgan fingerprint density at radius 3 is 2.71 bits per heavy atom. The minimum atomic E-state index is -1.02. The molecular weight excluding hydrogens is 226 g/mol. The Kier molecular flexibility index (Phi) is 3.27. The molecule has 0 bridgehead atoms. The largest absolute Gasteiger partial charge is 0.465 e. The second-order valence-corrected chi connectivity index (χ2v) is 3.89. The lowest BCUT2D eigenvalue weighted by molar-refractivity contribution is 0.0664. The van der Waals surface area contributed by atoms with Crippen LogP contribution in [0.5, 0.6) is 0 Å². The molecule has 2 heterocycles.